The molecule has 3 heterocycles. The van der Waals surface area contributed by atoms with Crippen LogP contribution in [-0.2, 0) is 0 Å². The molecule has 0 saturated heterocycles. The van der Waals surface area contributed by atoms with Crippen molar-refractivity contribution in [3.05, 3.63) is 63.7 Å². The largest absolute Gasteiger partial charge is 0.460 e. The van der Waals surface area contributed by atoms with Gasteiger partial charge in [0.1, 0.15) is 22.6 Å². The monoisotopic (exact) mass is 311 g/mol. The zero-order valence-electron chi connectivity index (χ0n) is 11.6. The van der Waals surface area contributed by atoms with Crippen molar-refractivity contribution in [3.63, 3.8) is 0 Å². The van der Waals surface area contributed by atoms with E-state index in [1.165, 1.54) is 4.68 Å². The lowest BCUT2D eigenvalue weighted by molar-refractivity contribution is 0.567. The molecular weight excluding hydrogens is 302 g/mol. The molecule has 0 unspecified atom stereocenters. The summed E-state index contributed by atoms with van der Waals surface area (Å²) in [6.07, 6.45) is 1.54. The molecule has 0 fully saturated rings. The summed E-state index contributed by atoms with van der Waals surface area (Å²) in [5.41, 5.74) is 1.49. The Morgan fingerprint density at radius 3 is 2.86 bits per heavy atom. The summed E-state index contributed by atoms with van der Waals surface area (Å²) < 4.78 is 6.98. The van der Waals surface area contributed by atoms with Gasteiger partial charge in [0.05, 0.1) is 0 Å². The van der Waals surface area contributed by atoms with Crippen LogP contribution >= 0.6 is 11.6 Å². The van der Waals surface area contributed by atoms with Gasteiger partial charge < -0.3 is 4.42 Å². The van der Waals surface area contributed by atoms with E-state index in [0.29, 0.717) is 33.4 Å². The zero-order chi connectivity index (χ0) is 15.3. The Hall–Kier alpha value is -2.66. The van der Waals surface area contributed by atoms with Gasteiger partial charge in [-0.25, -0.2) is 4.98 Å². The first kappa shape index (κ1) is 13.0. The highest BCUT2D eigenvalue weighted by molar-refractivity contribution is 6.30. The SMILES string of the molecule is Cc1oc2ccccc2c2nn(-c3cc(Cl)ccn3)c(=O)c1-2. The van der Waals surface area contributed by atoms with Crippen molar-refractivity contribution in [2.75, 3.05) is 0 Å². The third-order valence-corrected chi connectivity index (χ3v) is 3.76. The molecule has 0 bridgehead atoms. The summed E-state index contributed by atoms with van der Waals surface area (Å²) in [5.74, 6) is 0.921. The number of pyridine rings is 1. The fourth-order valence-corrected chi connectivity index (χ4v) is 2.69. The van der Waals surface area contributed by atoms with Crippen LogP contribution in [0.3, 0.4) is 0 Å². The van der Waals surface area contributed by atoms with E-state index in [4.69, 9.17) is 16.0 Å². The normalized spacial score (nSPS) is 11.4. The maximum Gasteiger partial charge on any atom is 0.285 e. The van der Waals surface area contributed by atoms with Gasteiger partial charge in [0, 0.05) is 22.7 Å². The summed E-state index contributed by atoms with van der Waals surface area (Å²) in [7, 11) is 0. The topological polar surface area (TPSA) is 60.9 Å². The molecule has 0 amide bonds. The molecule has 2 aliphatic rings. The first-order chi connectivity index (χ1) is 10.6. The summed E-state index contributed by atoms with van der Waals surface area (Å²) in [6.45, 7) is 1.76. The average Bonchev–Trinajstić information content (AvgIpc) is 2.86. The third-order valence-electron chi connectivity index (χ3n) is 3.52. The van der Waals surface area contributed by atoms with Crippen LogP contribution in [0.15, 0.2) is 51.8 Å². The zero-order valence-corrected chi connectivity index (χ0v) is 12.3. The molecule has 0 saturated carbocycles. The van der Waals surface area contributed by atoms with E-state index >= 15 is 0 Å². The number of hydrogen-bond donors (Lipinski definition) is 0. The second kappa shape index (κ2) is 4.68. The Morgan fingerprint density at radius 1 is 1.23 bits per heavy atom. The predicted molar refractivity (Wildman–Crippen MR) is 83.8 cm³/mol. The first-order valence-corrected chi connectivity index (χ1v) is 7.06. The number of aromatic nitrogens is 3. The summed E-state index contributed by atoms with van der Waals surface area (Å²) in [4.78, 5) is 16.8. The lowest BCUT2D eigenvalue weighted by Crippen LogP contribution is -2.16. The number of nitrogens with zero attached hydrogens (tertiary/aromatic N) is 3. The molecule has 2 aliphatic heterocycles. The highest BCUT2D eigenvalue weighted by Gasteiger charge is 2.23. The van der Waals surface area contributed by atoms with Crippen molar-refractivity contribution in [2.24, 2.45) is 0 Å². The minimum absolute atomic E-state index is 0.267. The highest BCUT2D eigenvalue weighted by Crippen LogP contribution is 2.30. The molecule has 0 atom stereocenters. The van der Waals surface area contributed by atoms with Gasteiger partial charge in [-0.2, -0.15) is 9.78 Å². The quantitative estimate of drug-likeness (QED) is 0.540. The number of para-hydroxylation sites is 1. The number of fused-ring (bicyclic) bond motifs is 3. The van der Waals surface area contributed by atoms with Gasteiger partial charge in [-0.1, -0.05) is 23.7 Å². The van der Waals surface area contributed by atoms with Crippen LogP contribution in [0.5, 0.6) is 0 Å². The number of aryl methyl sites for hydroxylation is 1. The molecule has 0 aliphatic carbocycles. The van der Waals surface area contributed by atoms with Crippen LogP contribution in [0.2, 0.25) is 5.02 Å². The van der Waals surface area contributed by atoms with E-state index in [0.717, 1.165) is 5.39 Å². The van der Waals surface area contributed by atoms with Gasteiger partial charge >= 0.3 is 0 Å². The van der Waals surface area contributed by atoms with Gasteiger partial charge in [0.15, 0.2) is 5.82 Å². The van der Waals surface area contributed by atoms with Crippen LogP contribution in [0.4, 0.5) is 0 Å². The van der Waals surface area contributed by atoms with E-state index in [1.807, 2.05) is 24.3 Å². The van der Waals surface area contributed by atoms with E-state index in [9.17, 15) is 4.79 Å². The Labute approximate surface area is 130 Å². The van der Waals surface area contributed by atoms with E-state index in [1.54, 1.807) is 25.3 Å². The van der Waals surface area contributed by atoms with Crippen LogP contribution < -0.4 is 5.56 Å². The van der Waals surface area contributed by atoms with Crippen molar-refractivity contribution in [1.29, 1.82) is 0 Å². The average molecular weight is 312 g/mol. The Kier molecular flexibility index (Phi) is 2.77. The smallest absolute Gasteiger partial charge is 0.285 e. The van der Waals surface area contributed by atoms with E-state index in [-0.39, 0.29) is 5.56 Å². The van der Waals surface area contributed by atoms with Gasteiger partial charge in [0.2, 0.25) is 0 Å². The van der Waals surface area contributed by atoms with Crippen LogP contribution in [0.1, 0.15) is 5.76 Å². The fraction of sp³-hybridized carbons (Fsp3) is 0.0625. The molecule has 22 heavy (non-hydrogen) atoms. The number of hydrogen-bond acceptors (Lipinski definition) is 4. The van der Waals surface area contributed by atoms with Crippen LogP contribution in [0, 0.1) is 6.92 Å². The number of rotatable bonds is 1. The van der Waals surface area contributed by atoms with Gasteiger partial charge in [-0.05, 0) is 25.1 Å². The molecular formula is C16H10ClN3O2. The molecule has 0 spiro atoms. The van der Waals surface area contributed by atoms with Crippen LogP contribution in [0.25, 0.3) is 28.0 Å². The number of halogens is 1. The van der Waals surface area contributed by atoms with Gasteiger partial charge in [0.25, 0.3) is 5.56 Å². The summed E-state index contributed by atoms with van der Waals surface area (Å²) in [6, 6.07) is 10.7. The standard InChI is InChI=1S/C16H10ClN3O2/c1-9-14-15(11-4-2-3-5-12(11)22-9)19-20(16(14)21)13-8-10(17)6-7-18-13/h2-8H,1H3. The van der Waals surface area contributed by atoms with Gasteiger partial charge in [-0.15, -0.1) is 0 Å². The minimum atomic E-state index is -0.267. The molecule has 108 valence electrons. The van der Waals surface area contributed by atoms with E-state index < -0.39 is 0 Å². The maximum atomic E-state index is 12.7. The third kappa shape index (κ3) is 1.83. The van der Waals surface area contributed by atoms with Crippen molar-refractivity contribution in [2.45, 2.75) is 6.92 Å². The fourth-order valence-electron chi connectivity index (χ4n) is 2.54. The molecule has 4 rings (SSSR count). The Morgan fingerprint density at radius 2 is 2.05 bits per heavy atom. The summed E-state index contributed by atoms with van der Waals surface area (Å²) >= 11 is 5.97. The first-order valence-electron chi connectivity index (χ1n) is 6.68. The molecule has 0 N–H and O–H groups in total. The number of benzene rings is 1. The highest BCUT2D eigenvalue weighted by atomic mass is 35.5. The molecule has 2 aromatic rings. The maximum absolute atomic E-state index is 12.7. The van der Waals surface area contributed by atoms with Crippen molar-refractivity contribution in [3.8, 4) is 17.1 Å². The minimum Gasteiger partial charge on any atom is -0.460 e. The second-order valence-electron chi connectivity index (χ2n) is 4.93. The van der Waals surface area contributed by atoms with Gasteiger partial charge in [-0.3, -0.25) is 4.79 Å². The van der Waals surface area contributed by atoms with E-state index in [2.05, 4.69) is 10.1 Å². The molecule has 6 heteroatoms. The molecule has 5 nitrogen and oxygen atoms in total. The molecule has 1 aromatic heterocycles. The Bertz CT molecular complexity index is 1040. The molecule has 1 aromatic carbocycles. The van der Waals surface area contributed by atoms with Crippen molar-refractivity contribution < 1.29 is 4.42 Å². The second-order valence-corrected chi connectivity index (χ2v) is 5.36. The van der Waals surface area contributed by atoms with Crippen molar-refractivity contribution in [1.82, 2.24) is 14.8 Å². The van der Waals surface area contributed by atoms with Crippen LogP contribution in [-0.4, -0.2) is 14.8 Å². The summed E-state index contributed by atoms with van der Waals surface area (Å²) in [5, 5.41) is 5.72. The lowest BCUT2D eigenvalue weighted by atomic mass is 10.1. The lowest BCUT2D eigenvalue weighted by Gasteiger charge is -2.04. The van der Waals surface area contributed by atoms with Crippen molar-refractivity contribution >= 4 is 22.6 Å². The predicted octanol–water partition coefficient (Wildman–Crippen LogP) is 3.44. The Balaban J connectivity index is 2.12. The molecule has 0 radical (unpaired) electrons.